The Bertz CT molecular complexity index is 1160. The summed E-state index contributed by atoms with van der Waals surface area (Å²) in [5.41, 5.74) is 2.08. The van der Waals surface area contributed by atoms with E-state index < -0.39 is 10.1 Å². The van der Waals surface area contributed by atoms with Crippen LogP contribution in [0.3, 0.4) is 0 Å². The van der Waals surface area contributed by atoms with E-state index in [1.165, 1.54) is 44.4 Å². The largest absolute Gasteiger partial charge is 0.493 e. The molecule has 0 radical (unpaired) electrons. The molecule has 7 nitrogen and oxygen atoms in total. The third-order valence-electron chi connectivity index (χ3n) is 3.98. The zero-order valence-corrected chi connectivity index (χ0v) is 17.2. The molecule has 0 spiro atoms. The Morgan fingerprint density at radius 1 is 1.00 bits per heavy atom. The van der Waals surface area contributed by atoms with Crippen LogP contribution in [0.1, 0.15) is 18.2 Å². The molecule has 0 bridgehead atoms. The molecular weight excluding hydrogens is 404 g/mol. The highest BCUT2D eigenvalue weighted by atomic mass is 32.2. The summed E-state index contributed by atoms with van der Waals surface area (Å²) in [6.07, 6.45) is 5.37. The van der Waals surface area contributed by atoms with Gasteiger partial charge >= 0.3 is 10.1 Å². The molecule has 3 rings (SSSR count). The molecular formula is C22H20N2O5S. The molecule has 1 N–H and O–H groups in total. The summed E-state index contributed by atoms with van der Waals surface area (Å²) in [5.74, 6) is 0.0961. The molecule has 3 aromatic rings. The molecule has 2 aromatic carbocycles. The molecule has 0 fully saturated rings. The summed E-state index contributed by atoms with van der Waals surface area (Å²) in [5, 5.41) is 2.58. The molecule has 154 valence electrons. The normalized spacial score (nSPS) is 11.3. The molecule has 0 saturated carbocycles. The predicted molar refractivity (Wildman–Crippen MR) is 115 cm³/mol. The quantitative estimate of drug-likeness (QED) is 0.577. The van der Waals surface area contributed by atoms with E-state index in [-0.39, 0.29) is 22.3 Å². The minimum absolute atomic E-state index is 0.0437. The van der Waals surface area contributed by atoms with Crippen molar-refractivity contribution in [2.75, 3.05) is 12.4 Å². The van der Waals surface area contributed by atoms with Crippen LogP contribution < -0.4 is 14.2 Å². The standard InChI is InChI=1S/C22H20N2O5S/c1-16(25)24-19-9-11-20(12-10-19)30(26,27)29-21-13-7-17(15-22(21)28-2)6-8-18-5-3-4-14-23-18/h3-15H,1-2H3,(H,24,25)/b8-6+. The van der Waals surface area contributed by atoms with Gasteiger partial charge in [0.15, 0.2) is 11.5 Å². The van der Waals surface area contributed by atoms with E-state index >= 15 is 0 Å². The first-order valence-corrected chi connectivity index (χ1v) is 10.4. The van der Waals surface area contributed by atoms with Gasteiger partial charge in [0.05, 0.1) is 12.8 Å². The lowest BCUT2D eigenvalue weighted by molar-refractivity contribution is -0.114. The van der Waals surface area contributed by atoms with E-state index in [1.807, 2.05) is 30.4 Å². The third kappa shape index (κ3) is 5.45. The van der Waals surface area contributed by atoms with Crippen molar-refractivity contribution >= 4 is 33.9 Å². The lowest BCUT2D eigenvalue weighted by Gasteiger charge is -2.12. The van der Waals surface area contributed by atoms with Crippen LogP contribution in [-0.2, 0) is 14.9 Å². The number of methoxy groups -OCH3 is 1. The van der Waals surface area contributed by atoms with Gasteiger partial charge in [0.2, 0.25) is 5.91 Å². The first-order valence-electron chi connectivity index (χ1n) is 8.97. The molecule has 0 aliphatic carbocycles. The first kappa shape index (κ1) is 21.1. The topological polar surface area (TPSA) is 94.6 Å². The van der Waals surface area contributed by atoms with Crippen LogP contribution in [0.5, 0.6) is 11.5 Å². The number of carbonyl (C=O) groups is 1. The van der Waals surface area contributed by atoms with Crippen molar-refractivity contribution in [2.45, 2.75) is 11.8 Å². The highest BCUT2D eigenvalue weighted by Crippen LogP contribution is 2.31. The monoisotopic (exact) mass is 424 g/mol. The Morgan fingerprint density at radius 3 is 2.40 bits per heavy atom. The lowest BCUT2D eigenvalue weighted by Crippen LogP contribution is -2.11. The summed E-state index contributed by atoms with van der Waals surface area (Å²) < 4.78 is 35.8. The van der Waals surface area contributed by atoms with Gasteiger partial charge in [0.25, 0.3) is 0 Å². The van der Waals surface area contributed by atoms with Gasteiger partial charge in [-0.1, -0.05) is 18.2 Å². The summed E-state index contributed by atoms with van der Waals surface area (Å²) in [6, 6.07) is 16.2. The van der Waals surface area contributed by atoms with Crippen LogP contribution in [0.25, 0.3) is 12.2 Å². The number of hydrogen-bond acceptors (Lipinski definition) is 6. The van der Waals surface area contributed by atoms with Crippen LogP contribution in [0.4, 0.5) is 5.69 Å². The van der Waals surface area contributed by atoms with Gasteiger partial charge in [0.1, 0.15) is 4.90 Å². The maximum absolute atomic E-state index is 12.6. The van der Waals surface area contributed by atoms with Gasteiger partial charge in [-0.2, -0.15) is 8.42 Å². The van der Waals surface area contributed by atoms with E-state index in [2.05, 4.69) is 10.3 Å². The second-order valence-electron chi connectivity index (χ2n) is 6.24. The second kappa shape index (κ2) is 9.23. The Hall–Kier alpha value is -3.65. The van der Waals surface area contributed by atoms with E-state index in [0.29, 0.717) is 5.69 Å². The zero-order valence-electron chi connectivity index (χ0n) is 16.4. The predicted octanol–water partition coefficient (Wildman–Crippen LogP) is 3.99. The zero-order chi connectivity index (χ0) is 21.6. The fourth-order valence-corrected chi connectivity index (χ4v) is 3.53. The van der Waals surface area contributed by atoms with Crippen molar-refractivity contribution in [2.24, 2.45) is 0 Å². The smallest absolute Gasteiger partial charge is 0.339 e. The number of rotatable bonds is 7. The van der Waals surface area contributed by atoms with Crippen molar-refractivity contribution < 1.29 is 22.1 Å². The minimum atomic E-state index is -4.08. The molecule has 8 heteroatoms. The summed E-state index contributed by atoms with van der Waals surface area (Å²) in [4.78, 5) is 15.3. The minimum Gasteiger partial charge on any atom is -0.493 e. The average molecular weight is 424 g/mol. The highest BCUT2D eigenvalue weighted by molar-refractivity contribution is 7.87. The summed E-state index contributed by atoms with van der Waals surface area (Å²) >= 11 is 0. The van der Waals surface area contributed by atoms with Crippen molar-refractivity contribution in [3.05, 3.63) is 78.1 Å². The fourth-order valence-electron chi connectivity index (χ4n) is 2.59. The Balaban J connectivity index is 1.79. The Kier molecular flexibility index (Phi) is 6.48. The van der Waals surface area contributed by atoms with E-state index in [1.54, 1.807) is 18.3 Å². The van der Waals surface area contributed by atoms with E-state index in [9.17, 15) is 13.2 Å². The number of anilines is 1. The van der Waals surface area contributed by atoms with Crippen LogP contribution >= 0.6 is 0 Å². The maximum atomic E-state index is 12.6. The third-order valence-corrected chi connectivity index (χ3v) is 5.23. The number of nitrogens with zero attached hydrogens (tertiary/aromatic N) is 1. The summed E-state index contributed by atoms with van der Waals surface area (Å²) in [6.45, 7) is 1.37. The number of benzene rings is 2. The SMILES string of the molecule is COc1cc(/C=C/c2ccccn2)ccc1OS(=O)(=O)c1ccc(NC(C)=O)cc1. The lowest BCUT2D eigenvalue weighted by atomic mass is 10.1. The second-order valence-corrected chi connectivity index (χ2v) is 7.79. The number of carbonyl (C=O) groups excluding carboxylic acids is 1. The van der Waals surface area contributed by atoms with Crippen molar-refractivity contribution in [3.8, 4) is 11.5 Å². The number of amides is 1. The van der Waals surface area contributed by atoms with Crippen LogP contribution in [0.15, 0.2) is 71.8 Å². The van der Waals surface area contributed by atoms with E-state index in [0.717, 1.165) is 11.3 Å². The molecule has 0 atom stereocenters. The van der Waals surface area contributed by atoms with Gasteiger partial charge in [-0.3, -0.25) is 9.78 Å². The molecule has 0 saturated heterocycles. The maximum Gasteiger partial charge on any atom is 0.339 e. The van der Waals surface area contributed by atoms with Crippen molar-refractivity contribution in [1.82, 2.24) is 4.98 Å². The molecule has 0 unspecified atom stereocenters. The Morgan fingerprint density at radius 2 is 1.77 bits per heavy atom. The fraction of sp³-hybridized carbons (Fsp3) is 0.0909. The number of pyridine rings is 1. The van der Waals surface area contributed by atoms with Crippen molar-refractivity contribution in [3.63, 3.8) is 0 Å². The molecule has 30 heavy (non-hydrogen) atoms. The van der Waals surface area contributed by atoms with Crippen LogP contribution in [0.2, 0.25) is 0 Å². The van der Waals surface area contributed by atoms with E-state index in [4.69, 9.17) is 8.92 Å². The van der Waals surface area contributed by atoms with Gasteiger partial charge in [-0.25, -0.2) is 0 Å². The average Bonchev–Trinajstić information content (AvgIpc) is 2.73. The van der Waals surface area contributed by atoms with Crippen molar-refractivity contribution in [1.29, 1.82) is 0 Å². The Labute approximate surface area is 175 Å². The highest BCUT2D eigenvalue weighted by Gasteiger charge is 2.19. The number of hydrogen-bond donors (Lipinski definition) is 1. The summed E-state index contributed by atoms with van der Waals surface area (Å²) in [7, 11) is -2.65. The first-order chi connectivity index (χ1) is 14.4. The van der Waals surface area contributed by atoms with Gasteiger partial charge in [-0.15, -0.1) is 0 Å². The van der Waals surface area contributed by atoms with Crippen LogP contribution in [-0.4, -0.2) is 26.4 Å². The van der Waals surface area contributed by atoms with Gasteiger partial charge in [0, 0.05) is 18.8 Å². The van der Waals surface area contributed by atoms with Gasteiger partial charge < -0.3 is 14.2 Å². The van der Waals surface area contributed by atoms with Gasteiger partial charge in [-0.05, 0) is 60.2 Å². The molecule has 1 amide bonds. The number of nitrogens with one attached hydrogen (secondary N) is 1. The number of aromatic nitrogens is 1. The van der Waals surface area contributed by atoms with Crippen LogP contribution in [0, 0.1) is 0 Å². The molecule has 0 aliphatic rings. The molecule has 1 heterocycles. The molecule has 1 aromatic heterocycles. The number of ether oxygens (including phenoxy) is 1. The molecule has 0 aliphatic heterocycles.